The van der Waals surface area contributed by atoms with Gasteiger partial charge < -0.3 is 4.98 Å². The molecule has 0 bridgehead atoms. The first kappa shape index (κ1) is 14.2. The van der Waals surface area contributed by atoms with Crippen LogP contribution in [-0.2, 0) is 10.0 Å². The Bertz CT molecular complexity index is 889. The van der Waals surface area contributed by atoms with Crippen molar-refractivity contribution in [2.75, 3.05) is 4.72 Å². The summed E-state index contributed by atoms with van der Waals surface area (Å²) >= 11 is 11.8. The summed E-state index contributed by atoms with van der Waals surface area (Å²) in [5.74, 6) is 0.118. The fourth-order valence-corrected chi connectivity index (χ4v) is 3.60. The van der Waals surface area contributed by atoms with E-state index < -0.39 is 10.0 Å². The van der Waals surface area contributed by atoms with Crippen molar-refractivity contribution in [3.63, 3.8) is 0 Å². The first-order chi connectivity index (χ1) is 9.97. The molecule has 0 atom stereocenters. The maximum Gasteiger partial charge on any atom is 0.265 e. The number of benzene rings is 2. The molecule has 21 heavy (non-hydrogen) atoms. The van der Waals surface area contributed by atoms with E-state index in [1.54, 1.807) is 12.1 Å². The van der Waals surface area contributed by atoms with E-state index in [1.165, 1.54) is 18.2 Å². The lowest BCUT2D eigenvalue weighted by Gasteiger charge is -2.07. The summed E-state index contributed by atoms with van der Waals surface area (Å²) in [6.45, 7) is 0. The van der Waals surface area contributed by atoms with E-state index in [4.69, 9.17) is 23.2 Å². The molecule has 5 nitrogen and oxygen atoms in total. The molecule has 0 fully saturated rings. The maximum atomic E-state index is 12.3. The number of H-pyrrole nitrogens is 1. The van der Waals surface area contributed by atoms with Gasteiger partial charge in [-0.15, -0.1) is 0 Å². The van der Waals surface area contributed by atoms with Gasteiger partial charge in [0.15, 0.2) is 0 Å². The third-order valence-electron chi connectivity index (χ3n) is 2.83. The average molecular weight is 342 g/mol. The molecule has 0 aliphatic heterocycles. The quantitative estimate of drug-likeness (QED) is 0.763. The van der Waals surface area contributed by atoms with Crippen LogP contribution < -0.4 is 4.72 Å². The summed E-state index contributed by atoms with van der Waals surface area (Å²) in [6.07, 6.45) is 0. The minimum absolute atomic E-state index is 0.0252. The van der Waals surface area contributed by atoms with Crippen LogP contribution in [-0.4, -0.2) is 18.4 Å². The van der Waals surface area contributed by atoms with Crippen LogP contribution in [0.5, 0.6) is 0 Å². The monoisotopic (exact) mass is 341 g/mol. The van der Waals surface area contributed by atoms with Crippen LogP contribution >= 0.6 is 23.2 Å². The van der Waals surface area contributed by atoms with Gasteiger partial charge in [0.05, 0.1) is 21.1 Å². The first-order valence-electron chi connectivity index (χ1n) is 5.89. The average Bonchev–Trinajstić information content (AvgIpc) is 2.82. The summed E-state index contributed by atoms with van der Waals surface area (Å²) in [6, 6.07) is 11.6. The summed E-state index contributed by atoms with van der Waals surface area (Å²) in [4.78, 5) is 6.93. The standard InChI is InChI=1S/C13H9Cl2N3O2S/c14-8-4-3-7-11(12(8)15)21(19,20)18-13-16-9-5-1-2-6-10(9)17-13/h1-7H,(H2,16,17,18). The van der Waals surface area contributed by atoms with Gasteiger partial charge in [-0.1, -0.05) is 41.4 Å². The number of fused-ring (bicyclic) bond motifs is 1. The molecule has 0 spiro atoms. The normalized spacial score (nSPS) is 11.7. The van der Waals surface area contributed by atoms with E-state index in [1.807, 2.05) is 12.1 Å². The highest BCUT2D eigenvalue weighted by molar-refractivity contribution is 7.92. The molecule has 0 saturated carbocycles. The Morgan fingerprint density at radius 3 is 2.57 bits per heavy atom. The lowest BCUT2D eigenvalue weighted by molar-refractivity contribution is 0.601. The van der Waals surface area contributed by atoms with Crippen LogP contribution in [0.3, 0.4) is 0 Å². The van der Waals surface area contributed by atoms with Crippen molar-refractivity contribution in [3.8, 4) is 0 Å². The lowest BCUT2D eigenvalue weighted by Crippen LogP contribution is -2.14. The molecule has 0 radical (unpaired) electrons. The zero-order valence-corrected chi connectivity index (χ0v) is 12.8. The number of sulfonamides is 1. The van der Waals surface area contributed by atoms with E-state index in [-0.39, 0.29) is 20.9 Å². The summed E-state index contributed by atoms with van der Waals surface area (Å²) in [7, 11) is -3.87. The fraction of sp³-hybridized carbons (Fsp3) is 0. The van der Waals surface area contributed by atoms with Gasteiger partial charge in [0.25, 0.3) is 10.0 Å². The predicted octanol–water partition coefficient (Wildman–Crippen LogP) is 3.67. The highest BCUT2D eigenvalue weighted by Crippen LogP contribution is 2.30. The third-order valence-corrected chi connectivity index (χ3v) is 5.14. The second-order valence-electron chi connectivity index (χ2n) is 4.26. The number of halogens is 2. The minimum atomic E-state index is -3.87. The zero-order chi connectivity index (χ0) is 15.0. The van der Waals surface area contributed by atoms with Gasteiger partial charge in [0.2, 0.25) is 5.95 Å². The van der Waals surface area contributed by atoms with Gasteiger partial charge >= 0.3 is 0 Å². The SMILES string of the molecule is O=S(=O)(Nc1nc2ccccc2[nH]1)c1cccc(Cl)c1Cl. The van der Waals surface area contributed by atoms with E-state index in [0.717, 1.165) is 5.52 Å². The largest absolute Gasteiger partial charge is 0.323 e. The van der Waals surface area contributed by atoms with Gasteiger partial charge in [0, 0.05) is 0 Å². The number of imidazole rings is 1. The van der Waals surface area contributed by atoms with Crippen LogP contribution in [0.15, 0.2) is 47.4 Å². The van der Waals surface area contributed by atoms with Crippen molar-refractivity contribution in [2.24, 2.45) is 0 Å². The second-order valence-corrected chi connectivity index (χ2v) is 6.70. The van der Waals surface area contributed by atoms with E-state index in [2.05, 4.69) is 14.7 Å². The van der Waals surface area contributed by atoms with Crippen molar-refractivity contribution < 1.29 is 8.42 Å². The molecule has 108 valence electrons. The summed E-state index contributed by atoms with van der Waals surface area (Å²) in [5, 5.41) is 0.145. The van der Waals surface area contributed by atoms with E-state index in [9.17, 15) is 8.42 Å². The zero-order valence-electron chi connectivity index (χ0n) is 10.5. The number of hydrogen-bond acceptors (Lipinski definition) is 3. The molecule has 2 N–H and O–H groups in total. The number of para-hydroxylation sites is 2. The predicted molar refractivity (Wildman–Crippen MR) is 83.4 cm³/mol. The molecule has 0 unspecified atom stereocenters. The number of rotatable bonds is 3. The van der Waals surface area contributed by atoms with Gasteiger partial charge in [-0.3, -0.25) is 0 Å². The van der Waals surface area contributed by atoms with E-state index in [0.29, 0.717) is 5.52 Å². The summed E-state index contributed by atoms with van der Waals surface area (Å²) < 4.78 is 27.0. The number of anilines is 1. The molecule has 1 aromatic heterocycles. The molecule has 8 heteroatoms. The van der Waals surface area contributed by atoms with Crippen LogP contribution in [0.1, 0.15) is 0 Å². The Morgan fingerprint density at radius 2 is 1.81 bits per heavy atom. The van der Waals surface area contributed by atoms with Crippen molar-refractivity contribution in [3.05, 3.63) is 52.5 Å². The minimum Gasteiger partial charge on any atom is -0.323 e. The Hall–Kier alpha value is -1.76. The molecule has 3 rings (SSSR count). The topological polar surface area (TPSA) is 74.8 Å². The number of nitrogens with zero attached hydrogens (tertiary/aromatic N) is 1. The molecule has 2 aromatic carbocycles. The lowest BCUT2D eigenvalue weighted by atomic mass is 10.3. The molecule has 0 aliphatic rings. The van der Waals surface area contributed by atoms with Crippen molar-refractivity contribution in [1.29, 1.82) is 0 Å². The molecular formula is C13H9Cl2N3O2S. The Balaban J connectivity index is 2.01. The Morgan fingerprint density at radius 1 is 1.05 bits per heavy atom. The van der Waals surface area contributed by atoms with Gasteiger partial charge in [-0.05, 0) is 24.3 Å². The van der Waals surface area contributed by atoms with Crippen molar-refractivity contribution in [2.45, 2.75) is 4.90 Å². The van der Waals surface area contributed by atoms with Crippen LogP contribution in [0.4, 0.5) is 5.95 Å². The van der Waals surface area contributed by atoms with Crippen molar-refractivity contribution >= 4 is 50.2 Å². The third kappa shape index (κ3) is 2.70. The summed E-state index contributed by atoms with van der Waals surface area (Å²) in [5.41, 5.74) is 1.39. The molecule has 0 saturated heterocycles. The number of hydrogen-bond donors (Lipinski definition) is 2. The van der Waals surface area contributed by atoms with E-state index >= 15 is 0 Å². The Labute approximate surface area is 131 Å². The van der Waals surface area contributed by atoms with Gasteiger partial charge in [-0.2, -0.15) is 0 Å². The van der Waals surface area contributed by atoms with Gasteiger partial charge in [-0.25, -0.2) is 18.1 Å². The molecule has 0 aliphatic carbocycles. The number of nitrogens with one attached hydrogen (secondary N) is 2. The molecule has 0 amide bonds. The maximum absolute atomic E-state index is 12.3. The van der Waals surface area contributed by atoms with Crippen LogP contribution in [0.2, 0.25) is 10.0 Å². The van der Waals surface area contributed by atoms with Crippen LogP contribution in [0, 0.1) is 0 Å². The van der Waals surface area contributed by atoms with Crippen molar-refractivity contribution in [1.82, 2.24) is 9.97 Å². The molecule has 1 heterocycles. The Kier molecular flexibility index (Phi) is 3.52. The second kappa shape index (κ2) is 5.22. The van der Waals surface area contributed by atoms with Crippen LogP contribution in [0.25, 0.3) is 11.0 Å². The first-order valence-corrected chi connectivity index (χ1v) is 8.13. The van der Waals surface area contributed by atoms with Gasteiger partial charge in [0.1, 0.15) is 4.90 Å². The molecular weight excluding hydrogens is 333 g/mol. The highest BCUT2D eigenvalue weighted by Gasteiger charge is 2.20. The molecule has 3 aromatic rings. The smallest absolute Gasteiger partial charge is 0.265 e. The number of aromatic nitrogens is 2. The number of aromatic amines is 1. The fourth-order valence-electron chi connectivity index (χ4n) is 1.87. The highest BCUT2D eigenvalue weighted by atomic mass is 35.5.